The molecule has 6 atom stereocenters. The topological polar surface area (TPSA) is 168 Å². The quantitative estimate of drug-likeness (QED) is 0.106. The van der Waals surface area contributed by atoms with Crippen molar-refractivity contribution in [2.45, 2.75) is 136 Å². The minimum atomic E-state index is -0.928. The number of benzene rings is 1. The summed E-state index contributed by atoms with van der Waals surface area (Å²) in [7, 11) is 3.00. The normalized spacial score (nSPS) is 17.1. The molecule has 0 spiro atoms. The number of unbranched alkanes of at least 4 members (excludes halogenated alkanes) is 2. The Balaban J connectivity index is 1.91. The number of thioether (sulfide) groups is 1. The minimum Gasteiger partial charge on any atom is -0.445 e. The minimum absolute atomic E-state index is 0.00362. The third kappa shape index (κ3) is 14.7. The smallest absolute Gasteiger partial charge is 0.410 e. The molecular formula is C41H64N4O9S. The molecule has 1 fully saturated rings. The predicted octanol–water partition coefficient (Wildman–Crippen LogP) is 5.11. The van der Waals surface area contributed by atoms with E-state index in [4.69, 9.17) is 9.47 Å². The number of hydrogen-bond donors (Lipinski definition) is 2. The number of Topliss-reactive ketones (excluding diaryl/α,β-unsaturated/α-hetero) is 2. The number of carbonyl (C=O) groups excluding carboxylic acids is 7. The molecule has 1 aliphatic heterocycles. The van der Waals surface area contributed by atoms with Gasteiger partial charge in [0.25, 0.3) is 0 Å². The highest BCUT2D eigenvalue weighted by molar-refractivity contribution is 8.00. The molecule has 0 aromatic heterocycles. The van der Waals surface area contributed by atoms with Gasteiger partial charge in [-0.25, -0.2) is 4.79 Å². The lowest BCUT2D eigenvalue weighted by Crippen LogP contribution is -2.59. The number of likely N-dealkylation sites (tertiary alicyclic amines) is 1. The maximum Gasteiger partial charge on any atom is 0.410 e. The number of nitrogens with zero attached hydrogens (tertiary/aromatic N) is 2. The molecule has 0 aliphatic carbocycles. The number of nitrogens with one attached hydrogen (secondary N) is 2. The van der Waals surface area contributed by atoms with Crippen LogP contribution in [0.2, 0.25) is 0 Å². The molecule has 2 N–H and O–H groups in total. The molecule has 1 unspecified atom stereocenters. The van der Waals surface area contributed by atoms with Crippen LogP contribution in [-0.4, -0.2) is 108 Å². The van der Waals surface area contributed by atoms with Crippen LogP contribution in [-0.2, 0) is 51.3 Å². The summed E-state index contributed by atoms with van der Waals surface area (Å²) >= 11 is 1.40. The third-order valence-electron chi connectivity index (χ3n) is 10.2. The summed E-state index contributed by atoms with van der Waals surface area (Å²) in [6.45, 7) is 13.1. The largest absolute Gasteiger partial charge is 0.445 e. The lowest BCUT2D eigenvalue weighted by molar-refractivity contribution is -0.138. The van der Waals surface area contributed by atoms with Gasteiger partial charge in [0, 0.05) is 46.4 Å². The molecule has 308 valence electrons. The van der Waals surface area contributed by atoms with E-state index in [1.807, 2.05) is 59.9 Å². The third-order valence-corrected chi connectivity index (χ3v) is 11.2. The Morgan fingerprint density at radius 1 is 0.927 bits per heavy atom. The first-order chi connectivity index (χ1) is 25.9. The van der Waals surface area contributed by atoms with Crippen LogP contribution in [0, 0.1) is 17.8 Å². The van der Waals surface area contributed by atoms with Crippen molar-refractivity contribution in [3.05, 3.63) is 35.4 Å². The molecule has 1 heterocycles. The van der Waals surface area contributed by atoms with E-state index >= 15 is 0 Å². The first-order valence-corrected chi connectivity index (χ1v) is 20.7. The number of methoxy groups -OCH3 is 1. The summed E-state index contributed by atoms with van der Waals surface area (Å²) in [5, 5.41) is 5.62. The number of amides is 5. The maximum atomic E-state index is 13.7. The first kappa shape index (κ1) is 47.4. The van der Waals surface area contributed by atoms with Crippen LogP contribution < -0.4 is 10.6 Å². The van der Waals surface area contributed by atoms with Gasteiger partial charge in [0.15, 0.2) is 0 Å². The van der Waals surface area contributed by atoms with Gasteiger partial charge in [-0.05, 0) is 54.9 Å². The van der Waals surface area contributed by atoms with Crippen LogP contribution in [0.5, 0.6) is 0 Å². The highest BCUT2D eigenvalue weighted by atomic mass is 32.2. The number of carbonyl (C=O) groups is 7. The van der Waals surface area contributed by atoms with E-state index in [1.54, 1.807) is 12.1 Å². The van der Waals surface area contributed by atoms with Crippen molar-refractivity contribution in [3.63, 3.8) is 0 Å². The Kier molecular flexibility index (Phi) is 20.1. The van der Waals surface area contributed by atoms with E-state index in [-0.39, 0.29) is 72.3 Å². The van der Waals surface area contributed by atoms with Crippen molar-refractivity contribution in [1.82, 2.24) is 20.4 Å². The number of rotatable bonds is 24. The fourth-order valence-corrected chi connectivity index (χ4v) is 7.36. The molecule has 1 aliphatic rings. The average molecular weight is 789 g/mol. The van der Waals surface area contributed by atoms with Crippen LogP contribution in [0.1, 0.15) is 105 Å². The van der Waals surface area contributed by atoms with Crippen LogP contribution >= 0.6 is 11.8 Å². The predicted molar refractivity (Wildman–Crippen MR) is 213 cm³/mol. The van der Waals surface area contributed by atoms with Gasteiger partial charge >= 0.3 is 6.09 Å². The Morgan fingerprint density at radius 3 is 2.09 bits per heavy atom. The fraction of sp³-hybridized carbons (Fsp3) is 0.683. The summed E-state index contributed by atoms with van der Waals surface area (Å²) in [5.74, 6) is -1.68. The van der Waals surface area contributed by atoms with Gasteiger partial charge in [-0.1, -0.05) is 78.6 Å². The molecule has 0 radical (unpaired) electrons. The first-order valence-electron chi connectivity index (χ1n) is 19.4. The summed E-state index contributed by atoms with van der Waals surface area (Å²) in [6.07, 6.45) is 4.53. The van der Waals surface area contributed by atoms with Gasteiger partial charge in [0.1, 0.15) is 30.3 Å². The van der Waals surface area contributed by atoms with Gasteiger partial charge < -0.3 is 20.1 Å². The SMILES string of the molecule is CC[C@H](C)[C@H](NC(=O)[C@@H](NC(=O)[C@H](C(C)C)N(C)C(=O)OCc1ccc(CC(=O)CCCCCN2C(=O)CC(SC)C2=O)cc1)C(C)C)[C@@H](CC(C)=O)OC. The number of hydrogen-bond acceptors (Lipinski definition) is 10. The summed E-state index contributed by atoms with van der Waals surface area (Å²) in [5.41, 5.74) is 1.55. The lowest BCUT2D eigenvalue weighted by Gasteiger charge is -2.34. The van der Waals surface area contributed by atoms with Crippen LogP contribution in [0.25, 0.3) is 0 Å². The molecule has 1 saturated heterocycles. The van der Waals surface area contributed by atoms with Crippen molar-refractivity contribution in [1.29, 1.82) is 0 Å². The monoisotopic (exact) mass is 788 g/mol. The highest BCUT2D eigenvalue weighted by Crippen LogP contribution is 2.24. The highest BCUT2D eigenvalue weighted by Gasteiger charge is 2.38. The molecule has 0 bridgehead atoms. The van der Waals surface area contributed by atoms with Gasteiger partial charge in [-0.2, -0.15) is 11.8 Å². The summed E-state index contributed by atoms with van der Waals surface area (Å²) < 4.78 is 11.2. The van der Waals surface area contributed by atoms with Crippen molar-refractivity contribution < 1.29 is 43.0 Å². The lowest BCUT2D eigenvalue weighted by atomic mass is 9.90. The number of imide groups is 1. The van der Waals surface area contributed by atoms with Crippen molar-refractivity contribution in [2.75, 3.05) is 27.0 Å². The fourth-order valence-electron chi connectivity index (χ4n) is 6.72. The molecular weight excluding hydrogens is 725 g/mol. The van der Waals surface area contributed by atoms with Crippen LogP contribution in [0.3, 0.4) is 0 Å². The van der Waals surface area contributed by atoms with E-state index < -0.39 is 42.1 Å². The molecule has 14 heteroatoms. The number of ketones is 2. The molecule has 5 amide bonds. The second-order valence-electron chi connectivity index (χ2n) is 15.3. The zero-order valence-corrected chi connectivity index (χ0v) is 35.3. The average Bonchev–Trinajstić information content (AvgIpc) is 3.41. The Hall–Kier alpha value is -3.78. The van der Waals surface area contributed by atoms with Crippen molar-refractivity contribution in [3.8, 4) is 0 Å². The maximum absolute atomic E-state index is 13.7. The molecule has 0 saturated carbocycles. The second-order valence-corrected chi connectivity index (χ2v) is 16.4. The molecule has 13 nitrogen and oxygen atoms in total. The Bertz CT molecular complexity index is 1470. The zero-order chi connectivity index (χ0) is 41.4. The Morgan fingerprint density at radius 2 is 1.56 bits per heavy atom. The molecule has 1 aromatic rings. The molecule has 55 heavy (non-hydrogen) atoms. The van der Waals surface area contributed by atoms with E-state index in [2.05, 4.69) is 10.6 Å². The van der Waals surface area contributed by atoms with E-state index in [0.717, 1.165) is 18.4 Å². The van der Waals surface area contributed by atoms with E-state index in [0.29, 0.717) is 31.4 Å². The summed E-state index contributed by atoms with van der Waals surface area (Å²) in [4.78, 5) is 91.9. The second kappa shape index (κ2) is 23.3. The van der Waals surface area contributed by atoms with E-state index in [1.165, 1.54) is 42.6 Å². The number of likely N-dealkylation sites (N-methyl/N-ethyl adjacent to an activating group) is 1. The summed E-state index contributed by atoms with van der Waals surface area (Å²) in [6, 6.07) is 4.93. The molecule has 2 rings (SSSR count). The van der Waals surface area contributed by atoms with Crippen molar-refractivity contribution >= 4 is 53.1 Å². The van der Waals surface area contributed by atoms with Crippen LogP contribution in [0.4, 0.5) is 4.79 Å². The van der Waals surface area contributed by atoms with Gasteiger partial charge in [-0.15, -0.1) is 0 Å². The zero-order valence-electron chi connectivity index (χ0n) is 34.5. The van der Waals surface area contributed by atoms with Crippen molar-refractivity contribution in [2.24, 2.45) is 17.8 Å². The number of ether oxygens (including phenoxy) is 2. The Labute approximate surface area is 331 Å². The van der Waals surface area contributed by atoms with Crippen LogP contribution in [0.15, 0.2) is 24.3 Å². The van der Waals surface area contributed by atoms with Gasteiger partial charge in [0.05, 0.1) is 17.4 Å². The van der Waals surface area contributed by atoms with E-state index in [9.17, 15) is 33.6 Å². The van der Waals surface area contributed by atoms with Gasteiger partial charge in [0.2, 0.25) is 23.6 Å². The molecule has 1 aromatic carbocycles. The standard InChI is InChI=1S/C41H64N4O9S/c1-11-27(6)36(32(53-9)21-28(7)46)43-38(49)35(25(2)3)42-39(50)37(26(4)5)44(8)41(52)54-24-30-18-16-29(17-19-30)22-31(47)15-13-12-14-20-45-34(48)23-33(55-10)40(45)51/h16-19,25-27,32-33,35-37H,11-15,20-24H2,1-10H3,(H,42,50)(H,43,49)/t27-,32+,33?,35-,36-,37-/m0/s1. The van der Waals surface area contributed by atoms with Gasteiger partial charge in [-0.3, -0.25) is 38.6 Å².